The van der Waals surface area contributed by atoms with Gasteiger partial charge >= 0.3 is 0 Å². The number of halogens is 1. The first-order valence-corrected chi connectivity index (χ1v) is 7.88. The van der Waals surface area contributed by atoms with Crippen LogP contribution in [-0.4, -0.2) is 30.2 Å². The molecule has 2 amide bonds. The highest BCUT2D eigenvalue weighted by atomic mass is 35.5. The molecule has 7 heteroatoms. The highest BCUT2D eigenvalue weighted by molar-refractivity contribution is 6.30. The molecule has 0 saturated carbocycles. The molecule has 1 atom stereocenters. The molecule has 1 saturated heterocycles. The van der Waals surface area contributed by atoms with Crippen LogP contribution in [0.15, 0.2) is 29.4 Å². The summed E-state index contributed by atoms with van der Waals surface area (Å²) in [6.07, 6.45) is 1.29. The van der Waals surface area contributed by atoms with E-state index < -0.39 is 6.10 Å². The Hall–Kier alpha value is -1.92. The summed E-state index contributed by atoms with van der Waals surface area (Å²) in [5.41, 5.74) is 3.93. The SMILES string of the molecule is C/C(CC(=O)NCc1ccc(Cl)cc1)=N/NC(=O)[C@@H]1CCCO1. The fourth-order valence-electron chi connectivity index (χ4n) is 2.14. The Morgan fingerprint density at radius 2 is 2.09 bits per heavy atom. The summed E-state index contributed by atoms with van der Waals surface area (Å²) in [6, 6.07) is 7.25. The van der Waals surface area contributed by atoms with Gasteiger partial charge in [0, 0.05) is 23.9 Å². The van der Waals surface area contributed by atoms with Gasteiger partial charge in [0.15, 0.2) is 0 Å². The Labute approximate surface area is 140 Å². The van der Waals surface area contributed by atoms with E-state index in [0.717, 1.165) is 12.0 Å². The molecule has 0 radical (unpaired) electrons. The summed E-state index contributed by atoms with van der Waals surface area (Å²) >= 11 is 5.80. The molecule has 0 bridgehead atoms. The van der Waals surface area contributed by atoms with Crippen LogP contribution in [0.4, 0.5) is 0 Å². The molecule has 0 unspecified atom stereocenters. The minimum Gasteiger partial charge on any atom is -0.368 e. The van der Waals surface area contributed by atoms with E-state index in [-0.39, 0.29) is 18.2 Å². The van der Waals surface area contributed by atoms with Crippen molar-refractivity contribution in [3.8, 4) is 0 Å². The lowest BCUT2D eigenvalue weighted by molar-refractivity contribution is -0.130. The normalized spacial score (nSPS) is 17.8. The third-order valence-corrected chi connectivity index (χ3v) is 3.65. The fraction of sp³-hybridized carbons (Fsp3) is 0.438. The maximum absolute atomic E-state index is 11.8. The highest BCUT2D eigenvalue weighted by Gasteiger charge is 2.23. The van der Waals surface area contributed by atoms with E-state index in [0.29, 0.717) is 30.3 Å². The van der Waals surface area contributed by atoms with Gasteiger partial charge in [0.2, 0.25) is 5.91 Å². The third kappa shape index (κ3) is 6.00. The first kappa shape index (κ1) is 17.4. The van der Waals surface area contributed by atoms with Crippen molar-refractivity contribution in [3.63, 3.8) is 0 Å². The number of hydrogen-bond acceptors (Lipinski definition) is 4. The lowest BCUT2D eigenvalue weighted by Gasteiger charge is -2.08. The van der Waals surface area contributed by atoms with Gasteiger partial charge in [-0.15, -0.1) is 0 Å². The molecule has 0 aliphatic carbocycles. The van der Waals surface area contributed by atoms with Crippen molar-refractivity contribution >= 4 is 29.1 Å². The lowest BCUT2D eigenvalue weighted by Crippen LogP contribution is -2.32. The molecule has 1 aromatic rings. The van der Waals surface area contributed by atoms with Gasteiger partial charge in [0.25, 0.3) is 5.91 Å². The number of ether oxygens (including phenoxy) is 1. The molecule has 0 spiro atoms. The maximum Gasteiger partial charge on any atom is 0.269 e. The van der Waals surface area contributed by atoms with Crippen LogP contribution in [0.5, 0.6) is 0 Å². The van der Waals surface area contributed by atoms with Crippen molar-refractivity contribution < 1.29 is 14.3 Å². The number of hydrazone groups is 1. The molecule has 124 valence electrons. The average molecular weight is 338 g/mol. The van der Waals surface area contributed by atoms with Crippen molar-refractivity contribution in [2.75, 3.05) is 6.61 Å². The first-order chi connectivity index (χ1) is 11.0. The molecule has 0 aromatic heterocycles. The van der Waals surface area contributed by atoms with Crippen LogP contribution in [0.25, 0.3) is 0 Å². The Kier molecular flexibility index (Phi) is 6.55. The number of benzene rings is 1. The number of nitrogens with one attached hydrogen (secondary N) is 2. The molecule has 1 aliphatic heterocycles. The number of carbonyl (C=O) groups is 2. The van der Waals surface area contributed by atoms with Crippen LogP contribution in [-0.2, 0) is 20.9 Å². The molecule has 2 N–H and O–H groups in total. The largest absolute Gasteiger partial charge is 0.368 e. The van der Waals surface area contributed by atoms with Crippen LogP contribution >= 0.6 is 11.6 Å². The van der Waals surface area contributed by atoms with E-state index in [2.05, 4.69) is 15.8 Å². The zero-order valence-corrected chi connectivity index (χ0v) is 13.7. The molecule has 6 nitrogen and oxygen atoms in total. The van der Waals surface area contributed by atoms with Gasteiger partial charge in [-0.1, -0.05) is 23.7 Å². The second kappa shape index (κ2) is 8.64. The van der Waals surface area contributed by atoms with Crippen LogP contribution < -0.4 is 10.7 Å². The van der Waals surface area contributed by atoms with Gasteiger partial charge in [-0.3, -0.25) is 9.59 Å². The minimum atomic E-state index is -0.426. The topological polar surface area (TPSA) is 79.8 Å². The van der Waals surface area contributed by atoms with Gasteiger partial charge in [-0.05, 0) is 37.5 Å². The predicted octanol–water partition coefficient (Wildman–Crippen LogP) is 2.02. The summed E-state index contributed by atoms with van der Waals surface area (Å²) in [7, 11) is 0. The van der Waals surface area contributed by atoms with Gasteiger partial charge < -0.3 is 10.1 Å². The second-order valence-electron chi connectivity index (χ2n) is 5.40. The van der Waals surface area contributed by atoms with E-state index in [1.807, 2.05) is 12.1 Å². The van der Waals surface area contributed by atoms with Crippen molar-refractivity contribution in [3.05, 3.63) is 34.9 Å². The number of rotatable bonds is 6. The van der Waals surface area contributed by atoms with E-state index in [4.69, 9.17) is 16.3 Å². The maximum atomic E-state index is 11.8. The summed E-state index contributed by atoms with van der Waals surface area (Å²) in [4.78, 5) is 23.6. The van der Waals surface area contributed by atoms with Crippen molar-refractivity contribution in [1.82, 2.24) is 10.7 Å². The van der Waals surface area contributed by atoms with E-state index in [1.165, 1.54) is 0 Å². The number of carbonyl (C=O) groups excluding carboxylic acids is 2. The standard InChI is InChI=1S/C16H20ClN3O3/c1-11(19-20-16(22)14-3-2-8-23-14)9-15(21)18-10-12-4-6-13(17)7-5-12/h4-7,14H,2-3,8-10H2,1H3,(H,18,21)(H,20,22)/b19-11-/t14-/m0/s1. The second-order valence-corrected chi connectivity index (χ2v) is 5.84. The van der Waals surface area contributed by atoms with E-state index in [9.17, 15) is 9.59 Å². The molecule has 1 aliphatic rings. The van der Waals surface area contributed by atoms with Crippen molar-refractivity contribution in [1.29, 1.82) is 0 Å². The molecular formula is C16H20ClN3O3. The molecule has 2 rings (SSSR count). The molecule has 23 heavy (non-hydrogen) atoms. The Morgan fingerprint density at radius 1 is 1.35 bits per heavy atom. The Bertz CT molecular complexity index is 581. The summed E-state index contributed by atoms with van der Waals surface area (Å²) in [5, 5.41) is 7.38. The van der Waals surface area contributed by atoms with Crippen molar-refractivity contribution in [2.24, 2.45) is 5.10 Å². The predicted molar refractivity (Wildman–Crippen MR) is 88.1 cm³/mol. The minimum absolute atomic E-state index is 0.124. The quantitative estimate of drug-likeness (QED) is 0.615. The summed E-state index contributed by atoms with van der Waals surface area (Å²) in [6.45, 7) is 2.72. The Morgan fingerprint density at radius 3 is 2.74 bits per heavy atom. The molecular weight excluding hydrogens is 318 g/mol. The highest BCUT2D eigenvalue weighted by Crippen LogP contribution is 2.11. The van der Waals surface area contributed by atoms with Crippen LogP contribution in [0.2, 0.25) is 5.02 Å². The smallest absolute Gasteiger partial charge is 0.269 e. The van der Waals surface area contributed by atoms with Crippen LogP contribution in [0.3, 0.4) is 0 Å². The Balaban J connectivity index is 1.71. The van der Waals surface area contributed by atoms with Crippen molar-refractivity contribution in [2.45, 2.75) is 38.8 Å². The van der Waals surface area contributed by atoms with Gasteiger partial charge in [0.05, 0.1) is 6.42 Å². The van der Waals surface area contributed by atoms with Crippen LogP contribution in [0.1, 0.15) is 31.7 Å². The van der Waals surface area contributed by atoms with Gasteiger partial charge in [-0.25, -0.2) is 5.43 Å². The zero-order chi connectivity index (χ0) is 16.7. The first-order valence-electron chi connectivity index (χ1n) is 7.50. The monoisotopic (exact) mass is 337 g/mol. The van der Waals surface area contributed by atoms with E-state index >= 15 is 0 Å². The average Bonchev–Trinajstić information content (AvgIpc) is 3.06. The van der Waals surface area contributed by atoms with Gasteiger partial charge in [-0.2, -0.15) is 5.10 Å². The molecule has 1 fully saturated rings. The number of amides is 2. The fourth-order valence-corrected chi connectivity index (χ4v) is 2.27. The number of hydrogen-bond donors (Lipinski definition) is 2. The van der Waals surface area contributed by atoms with Gasteiger partial charge in [0.1, 0.15) is 6.10 Å². The van der Waals surface area contributed by atoms with E-state index in [1.54, 1.807) is 19.1 Å². The molecule has 1 heterocycles. The summed E-state index contributed by atoms with van der Waals surface area (Å²) < 4.78 is 5.25. The lowest BCUT2D eigenvalue weighted by atomic mass is 10.2. The molecule has 1 aromatic carbocycles. The van der Waals surface area contributed by atoms with Crippen LogP contribution in [0, 0.1) is 0 Å². The zero-order valence-electron chi connectivity index (χ0n) is 13.0. The third-order valence-electron chi connectivity index (χ3n) is 3.40. The summed E-state index contributed by atoms with van der Waals surface area (Å²) in [5.74, 6) is -0.420. The number of nitrogens with zero attached hydrogens (tertiary/aromatic N) is 1.